The molecule has 0 atom stereocenters. The van der Waals surface area contributed by atoms with Gasteiger partial charge in [-0.2, -0.15) is 0 Å². The average Bonchev–Trinajstić information content (AvgIpc) is 2.60. The molecule has 0 aromatic heterocycles. The third kappa shape index (κ3) is 8.50. The maximum absolute atomic E-state index is 12.3. The predicted octanol–water partition coefficient (Wildman–Crippen LogP) is 4.13. The van der Waals surface area contributed by atoms with Crippen molar-refractivity contribution in [1.82, 2.24) is 0 Å². The third-order valence-electron chi connectivity index (χ3n) is 4.84. The molecular formula is C21H35NO3. The van der Waals surface area contributed by atoms with Gasteiger partial charge in [-0.3, -0.25) is 4.79 Å². The molecule has 1 rings (SSSR count). The van der Waals surface area contributed by atoms with Crippen molar-refractivity contribution in [1.29, 1.82) is 0 Å². The second-order valence-electron chi connectivity index (χ2n) is 6.94. The topological polar surface area (TPSA) is 83.5 Å². The molecule has 142 valence electrons. The van der Waals surface area contributed by atoms with E-state index in [4.69, 9.17) is 15.9 Å². The van der Waals surface area contributed by atoms with Gasteiger partial charge in [0, 0.05) is 30.9 Å². The highest BCUT2D eigenvalue weighted by atomic mass is 16.3. The molecule has 4 N–H and O–H groups in total. The van der Waals surface area contributed by atoms with Gasteiger partial charge in [-0.05, 0) is 55.7 Å². The minimum atomic E-state index is 0.138. The van der Waals surface area contributed by atoms with Gasteiger partial charge in [-0.15, -0.1) is 0 Å². The number of nitrogens with two attached hydrogens (primary N) is 1. The number of rotatable bonds is 14. The van der Waals surface area contributed by atoms with Crippen LogP contribution in [0.3, 0.4) is 0 Å². The number of unbranched alkanes of at least 4 members (excludes halogenated alkanes) is 4. The van der Waals surface area contributed by atoms with E-state index >= 15 is 0 Å². The molecule has 1 aromatic carbocycles. The Morgan fingerprint density at radius 1 is 1.04 bits per heavy atom. The number of aliphatic hydroxyl groups excluding tert-OH is 2. The van der Waals surface area contributed by atoms with Gasteiger partial charge in [0.25, 0.3) is 0 Å². The summed E-state index contributed by atoms with van der Waals surface area (Å²) in [6.07, 6.45) is 9.43. The van der Waals surface area contributed by atoms with E-state index in [1.54, 1.807) is 0 Å². The lowest BCUT2D eigenvalue weighted by Gasteiger charge is -2.15. The lowest BCUT2D eigenvalue weighted by molar-refractivity contribution is 0.0980. The van der Waals surface area contributed by atoms with Gasteiger partial charge in [0.1, 0.15) is 0 Å². The number of carbonyl (C=O) groups is 1. The van der Waals surface area contributed by atoms with E-state index < -0.39 is 0 Å². The smallest absolute Gasteiger partial charge is 0.164 e. The van der Waals surface area contributed by atoms with Gasteiger partial charge < -0.3 is 15.9 Å². The zero-order valence-electron chi connectivity index (χ0n) is 15.7. The van der Waals surface area contributed by atoms with Crippen LogP contribution in [0.2, 0.25) is 0 Å². The summed E-state index contributed by atoms with van der Waals surface area (Å²) in [5.74, 6) is 0.458. The molecule has 0 radical (unpaired) electrons. The number of ketones is 1. The molecule has 0 unspecified atom stereocenters. The summed E-state index contributed by atoms with van der Waals surface area (Å²) in [5, 5.41) is 18.2. The molecular weight excluding hydrogens is 314 g/mol. The largest absolute Gasteiger partial charge is 0.398 e. The number of Topliss-reactive ketones (excluding diaryl/α,β-unsaturated/α-hetero) is 1. The van der Waals surface area contributed by atoms with Crippen molar-refractivity contribution in [3.8, 4) is 0 Å². The molecule has 25 heavy (non-hydrogen) atoms. The Balaban J connectivity index is 2.51. The molecule has 0 fully saturated rings. The van der Waals surface area contributed by atoms with Crippen LogP contribution in [0.4, 0.5) is 5.69 Å². The maximum atomic E-state index is 12.3. The average molecular weight is 350 g/mol. The summed E-state index contributed by atoms with van der Waals surface area (Å²) in [4.78, 5) is 12.3. The fourth-order valence-corrected chi connectivity index (χ4v) is 3.21. The Bertz CT molecular complexity index is 496. The van der Waals surface area contributed by atoms with E-state index in [-0.39, 0.29) is 19.0 Å². The normalized spacial score (nSPS) is 11.2. The monoisotopic (exact) mass is 349 g/mol. The maximum Gasteiger partial charge on any atom is 0.164 e. The van der Waals surface area contributed by atoms with Crippen molar-refractivity contribution in [3.05, 3.63) is 29.3 Å². The van der Waals surface area contributed by atoms with Gasteiger partial charge >= 0.3 is 0 Å². The molecule has 0 aliphatic rings. The van der Waals surface area contributed by atoms with Crippen LogP contribution in [0.25, 0.3) is 0 Å². The van der Waals surface area contributed by atoms with E-state index in [1.807, 2.05) is 18.2 Å². The lowest BCUT2D eigenvalue weighted by Crippen LogP contribution is -2.08. The van der Waals surface area contributed by atoms with Crippen LogP contribution in [-0.2, 0) is 6.42 Å². The number of hydrogen-bond acceptors (Lipinski definition) is 4. The van der Waals surface area contributed by atoms with Crippen molar-refractivity contribution >= 4 is 11.5 Å². The Morgan fingerprint density at radius 2 is 1.72 bits per heavy atom. The number of anilines is 1. The minimum absolute atomic E-state index is 0.138. The van der Waals surface area contributed by atoms with Gasteiger partial charge in [-0.1, -0.05) is 38.7 Å². The first-order valence-corrected chi connectivity index (χ1v) is 9.75. The highest BCUT2D eigenvalue weighted by molar-refractivity contribution is 6.00. The molecule has 0 aliphatic heterocycles. The van der Waals surface area contributed by atoms with Crippen LogP contribution < -0.4 is 5.73 Å². The second-order valence-corrected chi connectivity index (χ2v) is 6.94. The number of aliphatic hydroxyl groups is 2. The fourth-order valence-electron chi connectivity index (χ4n) is 3.21. The van der Waals surface area contributed by atoms with Crippen LogP contribution in [0.1, 0.15) is 80.6 Å². The number of nitrogen functional groups attached to an aromatic ring is 1. The SMILES string of the molecule is CCCCCCCC(=O)c1ccc(CCC(CCO)CCO)cc1N. The van der Waals surface area contributed by atoms with Gasteiger partial charge in [0.05, 0.1) is 0 Å². The van der Waals surface area contributed by atoms with E-state index in [1.165, 1.54) is 19.3 Å². The quantitative estimate of drug-likeness (QED) is 0.268. The number of carbonyl (C=O) groups excluding carboxylic acids is 1. The first kappa shape index (κ1) is 21.7. The zero-order valence-corrected chi connectivity index (χ0v) is 15.7. The van der Waals surface area contributed by atoms with Crippen molar-refractivity contribution in [2.24, 2.45) is 5.92 Å². The molecule has 0 bridgehead atoms. The summed E-state index contributed by atoms with van der Waals surface area (Å²) in [6, 6.07) is 5.74. The fraction of sp³-hybridized carbons (Fsp3) is 0.667. The van der Waals surface area contributed by atoms with E-state index in [0.717, 1.165) is 31.2 Å². The zero-order chi connectivity index (χ0) is 18.5. The van der Waals surface area contributed by atoms with Crippen LogP contribution in [0.5, 0.6) is 0 Å². The van der Waals surface area contributed by atoms with Gasteiger partial charge in [0.15, 0.2) is 5.78 Å². The summed E-state index contributed by atoms with van der Waals surface area (Å²) in [5.41, 5.74) is 8.41. The van der Waals surface area contributed by atoms with Crippen molar-refractivity contribution in [2.75, 3.05) is 18.9 Å². The lowest BCUT2D eigenvalue weighted by atomic mass is 9.93. The van der Waals surface area contributed by atoms with Crippen molar-refractivity contribution in [2.45, 2.75) is 71.1 Å². The summed E-state index contributed by atoms with van der Waals surface area (Å²) in [6.45, 7) is 2.49. The molecule has 0 saturated heterocycles. The predicted molar refractivity (Wildman–Crippen MR) is 104 cm³/mol. The Labute approximate surface area is 152 Å². The number of hydrogen-bond donors (Lipinski definition) is 3. The van der Waals surface area contributed by atoms with Gasteiger partial charge in [-0.25, -0.2) is 0 Å². The molecule has 4 nitrogen and oxygen atoms in total. The van der Waals surface area contributed by atoms with Crippen LogP contribution in [0.15, 0.2) is 18.2 Å². The molecule has 0 spiro atoms. The van der Waals surface area contributed by atoms with E-state index in [9.17, 15) is 4.79 Å². The van der Waals surface area contributed by atoms with Crippen molar-refractivity contribution in [3.63, 3.8) is 0 Å². The van der Waals surface area contributed by atoms with Crippen LogP contribution in [-0.4, -0.2) is 29.2 Å². The molecule has 0 amide bonds. The third-order valence-corrected chi connectivity index (χ3v) is 4.84. The van der Waals surface area contributed by atoms with Gasteiger partial charge in [0.2, 0.25) is 0 Å². The Kier molecular flexibility index (Phi) is 11.2. The van der Waals surface area contributed by atoms with Crippen LogP contribution >= 0.6 is 0 Å². The first-order valence-electron chi connectivity index (χ1n) is 9.75. The van der Waals surface area contributed by atoms with Crippen molar-refractivity contribution < 1.29 is 15.0 Å². The van der Waals surface area contributed by atoms with E-state index in [2.05, 4.69) is 6.92 Å². The highest BCUT2D eigenvalue weighted by Gasteiger charge is 2.12. The molecule has 4 heteroatoms. The Morgan fingerprint density at radius 3 is 2.32 bits per heavy atom. The Hall–Kier alpha value is -1.39. The van der Waals surface area contributed by atoms with Crippen LogP contribution in [0, 0.1) is 5.92 Å². The molecule has 0 aliphatic carbocycles. The first-order chi connectivity index (χ1) is 12.1. The summed E-state index contributed by atoms with van der Waals surface area (Å²) < 4.78 is 0. The second kappa shape index (κ2) is 12.9. The standard InChI is InChI=1S/C21H35NO3/c1-2-3-4-5-6-7-21(25)19-11-10-18(16-20(19)22)9-8-17(12-14-23)13-15-24/h10-11,16-17,23-24H,2-9,12-15,22H2,1H3. The van der Waals surface area contributed by atoms with E-state index in [0.29, 0.717) is 36.4 Å². The number of aryl methyl sites for hydroxylation is 1. The summed E-state index contributed by atoms with van der Waals surface area (Å²) in [7, 11) is 0. The number of benzene rings is 1. The highest BCUT2D eigenvalue weighted by Crippen LogP contribution is 2.21. The summed E-state index contributed by atoms with van der Waals surface area (Å²) >= 11 is 0. The molecule has 0 heterocycles. The molecule has 0 saturated carbocycles. The molecule has 1 aromatic rings. The minimum Gasteiger partial charge on any atom is -0.398 e.